The van der Waals surface area contributed by atoms with Crippen molar-refractivity contribution in [2.24, 2.45) is 0 Å². The van der Waals surface area contributed by atoms with E-state index in [4.69, 9.17) is 19.0 Å². The van der Waals surface area contributed by atoms with E-state index in [2.05, 4.69) is 16.3 Å². The predicted molar refractivity (Wildman–Crippen MR) is 147 cm³/mol. The number of nitriles is 1. The van der Waals surface area contributed by atoms with Gasteiger partial charge in [0.25, 0.3) is 0 Å². The van der Waals surface area contributed by atoms with Gasteiger partial charge in [0.15, 0.2) is 6.23 Å². The third-order valence-corrected chi connectivity index (χ3v) is 7.28. The second-order valence-electron chi connectivity index (χ2n) is 11.3. The number of nitrogens with zero attached hydrogens (tertiary/aromatic N) is 6. The van der Waals surface area contributed by atoms with E-state index in [1.54, 1.807) is 17.0 Å². The summed E-state index contributed by atoms with van der Waals surface area (Å²) in [6.07, 6.45) is 4.09. The van der Waals surface area contributed by atoms with Crippen LogP contribution in [0.2, 0.25) is 0 Å². The van der Waals surface area contributed by atoms with E-state index < -0.39 is 5.60 Å². The van der Waals surface area contributed by atoms with Crippen LogP contribution in [0.15, 0.2) is 46.9 Å². The largest absolute Gasteiger partial charge is 0.444 e. The fourth-order valence-corrected chi connectivity index (χ4v) is 5.37. The maximum atomic E-state index is 12.8. The lowest BCUT2D eigenvalue weighted by molar-refractivity contribution is -0.0365. The van der Waals surface area contributed by atoms with Gasteiger partial charge in [0, 0.05) is 29.7 Å². The molecule has 6 rings (SSSR count). The Morgan fingerprint density at radius 2 is 1.85 bits per heavy atom. The van der Waals surface area contributed by atoms with Gasteiger partial charge in [-0.25, -0.2) is 9.48 Å². The summed E-state index contributed by atoms with van der Waals surface area (Å²) in [5.41, 5.74) is 3.41. The molecule has 0 radical (unpaired) electrons. The Hall–Kier alpha value is -4.23. The molecule has 2 unspecified atom stereocenters. The molecule has 2 fully saturated rings. The fraction of sp³-hybridized carbons (Fsp3) is 0.433. The highest BCUT2D eigenvalue weighted by molar-refractivity contribution is 5.95. The van der Waals surface area contributed by atoms with Crippen molar-refractivity contribution in [1.82, 2.24) is 24.9 Å². The van der Waals surface area contributed by atoms with Crippen LogP contribution >= 0.6 is 0 Å². The standard InChI is InChI=1S/C30H32N6O4/c1-30(2,3)40-29(37)35-15-6-7-24(35)28-33-32-27(39-28)21-13-14-23-22(17-21)26(20-11-9-19(18-31)10-12-20)34-36(23)25-8-4-5-16-38-25/h9-14,17,24-25H,4-8,15-16H2,1-3H3. The van der Waals surface area contributed by atoms with E-state index in [0.29, 0.717) is 30.5 Å². The maximum Gasteiger partial charge on any atom is 0.410 e. The summed E-state index contributed by atoms with van der Waals surface area (Å²) >= 11 is 0. The molecule has 2 aliphatic rings. The monoisotopic (exact) mass is 540 g/mol. The molecule has 2 atom stereocenters. The molecule has 2 saturated heterocycles. The van der Waals surface area contributed by atoms with Crippen molar-refractivity contribution >= 4 is 17.0 Å². The molecule has 2 aromatic heterocycles. The van der Waals surface area contributed by atoms with Gasteiger partial charge in [0.05, 0.1) is 17.1 Å². The molecule has 1 amide bonds. The maximum absolute atomic E-state index is 12.8. The molecule has 2 aromatic carbocycles. The van der Waals surface area contributed by atoms with Crippen molar-refractivity contribution in [2.45, 2.75) is 70.7 Å². The van der Waals surface area contributed by atoms with Crippen LogP contribution in [-0.2, 0) is 9.47 Å². The van der Waals surface area contributed by atoms with Gasteiger partial charge in [-0.2, -0.15) is 10.4 Å². The molecule has 0 saturated carbocycles. The average Bonchev–Trinajstić information content (AvgIpc) is 3.71. The lowest BCUT2D eigenvalue weighted by atomic mass is 10.0. The van der Waals surface area contributed by atoms with Gasteiger partial charge in [0.2, 0.25) is 11.8 Å². The third-order valence-electron chi connectivity index (χ3n) is 7.28. The number of carbonyl (C=O) groups is 1. The van der Waals surface area contributed by atoms with Crippen molar-refractivity contribution in [2.75, 3.05) is 13.2 Å². The number of amides is 1. The van der Waals surface area contributed by atoms with E-state index in [0.717, 1.165) is 59.8 Å². The van der Waals surface area contributed by atoms with Crippen molar-refractivity contribution < 1.29 is 18.7 Å². The summed E-state index contributed by atoms with van der Waals surface area (Å²) < 4.78 is 19.8. The Morgan fingerprint density at radius 3 is 2.58 bits per heavy atom. The minimum Gasteiger partial charge on any atom is -0.444 e. The van der Waals surface area contributed by atoms with Crippen molar-refractivity contribution in [3.63, 3.8) is 0 Å². The van der Waals surface area contributed by atoms with E-state index in [1.807, 2.05) is 55.8 Å². The zero-order chi connectivity index (χ0) is 27.9. The first-order chi connectivity index (χ1) is 19.3. The van der Waals surface area contributed by atoms with Gasteiger partial charge < -0.3 is 13.9 Å². The van der Waals surface area contributed by atoms with Crippen molar-refractivity contribution in [1.29, 1.82) is 5.26 Å². The zero-order valence-electron chi connectivity index (χ0n) is 23.0. The number of likely N-dealkylation sites (tertiary alicyclic amines) is 1. The van der Waals surface area contributed by atoms with Crippen LogP contribution in [0.3, 0.4) is 0 Å². The number of hydrogen-bond acceptors (Lipinski definition) is 8. The van der Waals surface area contributed by atoms with Gasteiger partial charge in [-0.1, -0.05) is 12.1 Å². The Balaban J connectivity index is 1.36. The first-order valence-electron chi connectivity index (χ1n) is 13.8. The molecule has 0 spiro atoms. The van der Waals surface area contributed by atoms with E-state index >= 15 is 0 Å². The summed E-state index contributed by atoms with van der Waals surface area (Å²) in [4.78, 5) is 14.5. The van der Waals surface area contributed by atoms with Crippen LogP contribution in [0.25, 0.3) is 33.6 Å². The number of rotatable bonds is 4. The number of ether oxygens (including phenoxy) is 2. The zero-order valence-corrected chi connectivity index (χ0v) is 23.0. The van der Waals surface area contributed by atoms with Crippen LogP contribution in [0.1, 0.15) is 76.6 Å². The number of benzene rings is 2. The number of hydrogen-bond donors (Lipinski definition) is 0. The highest BCUT2D eigenvalue weighted by Gasteiger charge is 2.36. The van der Waals surface area contributed by atoms with Gasteiger partial charge in [-0.15, -0.1) is 10.2 Å². The Morgan fingerprint density at radius 1 is 1.05 bits per heavy atom. The second kappa shape index (κ2) is 10.4. The summed E-state index contributed by atoms with van der Waals surface area (Å²) in [7, 11) is 0. The summed E-state index contributed by atoms with van der Waals surface area (Å²) in [6, 6.07) is 15.2. The quantitative estimate of drug-likeness (QED) is 0.292. The van der Waals surface area contributed by atoms with Crippen LogP contribution < -0.4 is 0 Å². The van der Waals surface area contributed by atoms with Gasteiger partial charge in [-0.3, -0.25) is 4.90 Å². The molecule has 40 heavy (non-hydrogen) atoms. The number of fused-ring (bicyclic) bond motifs is 1. The predicted octanol–water partition coefficient (Wildman–Crippen LogP) is 6.40. The first kappa shape index (κ1) is 26.0. The SMILES string of the molecule is CC(C)(C)OC(=O)N1CCCC1c1nnc(-c2ccc3c(c2)c(-c2ccc(C#N)cc2)nn3C2CCCCO2)o1. The molecule has 0 aliphatic carbocycles. The topological polar surface area (TPSA) is 119 Å². The minimum atomic E-state index is -0.584. The van der Waals surface area contributed by atoms with Crippen molar-refractivity contribution in [3.8, 4) is 28.8 Å². The lowest BCUT2D eigenvalue weighted by Gasteiger charge is -2.27. The van der Waals surface area contributed by atoms with Crippen LogP contribution in [0, 0.1) is 11.3 Å². The smallest absolute Gasteiger partial charge is 0.410 e. The van der Waals surface area contributed by atoms with Gasteiger partial charge >= 0.3 is 6.09 Å². The number of aromatic nitrogens is 4. The molecule has 206 valence electrons. The summed E-state index contributed by atoms with van der Waals surface area (Å²) in [5, 5.41) is 23.8. The summed E-state index contributed by atoms with van der Waals surface area (Å²) in [6.45, 7) is 6.85. The van der Waals surface area contributed by atoms with Gasteiger partial charge in [0.1, 0.15) is 17.3 Å². The van der Waals surface area contributed by atoms with Crippen molar-refractivity contribution in [3.05, 3.63) is 53.9 Å². The summed E-state index contributed by atoms with van der Waals surface area (Å²) in [5.74, 6) is 0.775. The lowest BCUT2D eigenvalue weighted by Crippen LogP contribution is -2.36. The normalized spacial score (nSPS) is 19.6. The van der Waals surface area contributed by atoms with Crippen LogP contribution in [0.5, 0.6) is 0 Å². The molecule has 2 aliphatic heterocycles. The first-order valence-corrected chi connectivity index (χ1v) is 13.8. The third kappa shape index (κ3) is 5.05. The molecule has 10 nitrogen and oxygen atoms in total. The Labute approximate surface area is 232 Å². The molecule has 4 aromatic rings. The Kier molecular flexibility index (Phi) is 6.76. The highest BCUT2D eigenvalue weighted by atomic mass is 16.6. The van der Waals surface area contributed by atoms with Crippen LogP contribution in [0.4, 0.5) is 4.79 Å². The average molecular weight is 541 g/mol. The molecule has 10 heteroatoms. The Bertz CT molecular complexity index is 1570. The molecular weight excluding hydrogens is 508 g/mol. The van der Waals surface area contributed by atoms with E-state index in [9.17, 15) is 10.1 Å². The van der Waals surface area contributed by atoms with E-state index in [-0.39, 0.29) is 18.4 Å². The molecule has 0 bridgehead atoms. The molecule has 0 N–H and O–H groups in total. The fourth-order valence-electron chi connectivity index (χ4n) is 5.37. The highest BCUT2D eigenvalue weighted by Crippen LogP contribution is 2.37. The van der Waals surface area contributed by atoms with Crippen LogP contribution in [-0.4, -0.2) is 49.7 Å². The minimum absolute atomic E-state index is 0.134. The van der Waals surface area contributed by atoms with E-state index in [1.165, 1.54) is 0 Å². The van der Waals surface area contributed by atoms with Gasteiger partial charge in [-0.05, 0) is 83.2 Å². The second-order valence-corrected chi connectivity index (χ2v) is 11.3. The molecular formula is C30H32N6O4. The number of carbonyl (C=O) groups excluding carboxylic acids is 1. The molecule has 4 heterocycles.